The molecule has 0 spiro atoms. The van der Waals surface area contributed by atoms with Crippen LogP contribution >= 0.6 is 11.3 Å². The molecule has 4 heteroatoms. The second-order valence-electron chi connectivity index (χ2n) is 2.75. The molecule has 14 heavy (non-hydrogen) atoms. The maximum atomic E-state index is 10.7. The van der Waals surface area contributed by atoms with Crippen molar-refractivity contribution in [3.63, 3.8) is 0 Å². The Kier molecular flexibility index (Phi) is 2.28. The quantitative estimate of drug-likeness (QED) is 0.763. The van der Waals surface area contributed by atoms with Crippen LogP contribution in [0.3, 0.4) is 0 Å². The molecule has 70 valence electrons. The Bertz CT molecular complexity index is 450. The minimum Gasteiger partial charge on any atom is -0.375 e. The fourth-order valence-electron chi connectivity index (χ4n) is 1.23. The predicted molar refractivity (Wildman–Crippen MR) is 57.3 cm³/mol. The molecule has 0 saturated heterocycles. The standard InChI is InChI=1S/C10H8N2OS/c11-10-12-9(8(6-13)14-10)7-4-2-1-3-5-7/h1-6H,(H2,11,12). The average molecular weight is 204 g/mol. The number of aromatic nitrogens is 1. The molecule has 0 bridgehead atoms. The molecule has 2 N–H and O–H groups in total. The van der Waals surface area contributed by atoms with E-state index in [2.05, 4.69) is 4.98 Å². The summed E-state index contributed by atoms with van der Waals surface area (Å²) in [6.07, 6.45) is 0.788. The van der Waals surface area contributed by atoms with Crippen LogP contribution in [0.2, 0.25) is 0 Å². The van der Waals surface area contributed by atoms with Gasteiger partial charge in [0.05, 0.1) is 10.6 Å². The molecule has 0 aliphatic heterocycles. The fourth-order valence-corrected chi connectivity index (χ4v) is 1.90. The molecule has 2 rings (SSSR count). The first-order chi connectivity index (χ1) is 6.81. The molecule has 3 nitrogen and oxygen atoms in total. The van der Waals surface area contributed by atoms with Crippen LogP contribution in [-0.4, -0.2) is 11.3 Å². The van der Waals surface area contributed by atoms with Gasteiger partial charge in [-0.15, -0.1) is 0 Å². The van der Waals surface area contributed by atoms with Gasteiger partial charge in [0.15, 0.2) is 11.4 Å². The van der Waals surface area contributed by atoms with E-state index in [9.17, 15) is 4.79 Å². The monoisotopic (exact) mass is 204 g/mol. The SMILES string of the molecule is Nc1nc(-c2ccccc2)c(C=O)s1. The Morgan fingerprint density at radius 3 is 2.64 bits per heavy atom. The third kappa shape index (κ3) is 1.52. The number of benzene rings is 1. The molecule has 1 aromatic carbocycles. The Balaban J connectivity index is 2.56. The van der Waals surface area contributed by atoms with Crippen molar-refractivity contribution < 1.29 is 4.79 Å². The van der Waals surface area contributed by atoms with Gasteiger partial charge in [-0.05, 0) is 0 Å². The number of aldehydes is 1. The molecular formula is C10H8N2OS. The third-order valence-corrected chi connectivity index (χ3v) is 2.63. The van der Waals surface area contributed by atoms with Crippen molar-refractivity contribution >= 4 is 22.8 Å². The van der Waals surface area contributed by atoms with Gasteiger partial charge in [-0.1, -0.05) is 41.7 Å². The van der Waals surface area contributed by atoms with Gasteiger partial charge in [-0.25, -0.2) is 4.98 Å². The highest BCUT2D eigenvalue weighted by atomic mass is 32.1. The van der Waals surface area contributed by atoms with Crippen LogP contribution in [0.5, 0.6) is 0 Å². The topological polar surface area (TPSA) is 56.0 Å². The van der Waals surface area contributed by atoms with Gasteiger partial charge < -0.3 is 5.73 Å². The number of thiazole rings is 1. The molecule has 2 aromatic rings. The molecule has 0 fully saturated rings. The number of nitrogens with zero attached hydrogens (tertiary/aromatic N) is 1. The maximum absolute atomic E-state index is 10.7. The number of hydrogen-bond acceptors (Lipinski definition) is 4. The summed E-state index contributed by atoms with van der Waals surface area (Å²) in [5.74, 6) is 0. The summed E-state index contributed by atoms with van der Waals surface area (Å²) in [6, 6.07) is 9.53. The van der Waals surface area contributed by atoms with Gasteiger partial charge in [0.25, 0.3) is 0 Å². The number of carbonyl (C=O) groups excluding carboxylic acids is 1. The molecule has 1 aromatic heterocycles. The van der Waals surface area contributed by atoms with E-state index >= 15 is 0 Å². The number of hydrogen-bond donors (Lipinski definition) is 1. The minimum atomic E-state index is 0.422. The lowest BCUT2D eigenvalue weighted by atomic mass is 10.1. The highest BCUT2D eigenvalue weighted by molar-refractivity contribution is 7.17. The molecular weight excluding hydrogens is 196 g/mol. The molecule has 0 radical (unpaired) electrons. The number of nitrogens with two attached hydrogens (primary N) is 1. The van der Waals surface area contributed by atoms with Crippen molar-refractivity contribution in [2.24, 2.45) is 0 Å². The fraction of sp³-hybridized carbons (Fsp3) is 0. The Morgan fingerprint density at radius 2 is 2.00 bits per heavy atom. The first-order valence-electron chi connectivity index (χ1n) is 4.08. The lowest BCUT2D eigenvalue weighted by Crippen LogP contribution is -1.84. The number of carbonyl (C=O) groups is 1. The van der Waals surface area contributed by atoms with E-state index in [4.69, 9.17) is 5.73 Å². The van der Waals surface area contributed by atoms with Gasteiger partial charge >= 0.3 is 0 Å². The van der Waals surface area contributed by atoms with Gasteiger partial charge in [-0.2, -0.15) is 0 Å². The van der Waals surface area contributed by atoms with Gasteiger partial charge in [0.1, 0.15) is 0 Å². The second-order valence-corrected chi connectivity index (χ2v) is 3.81. The summed E-state index contributed by atoms with van der Waals surface area (Å²) in [4.78, 5) is 15.4. The van der Waals surface area contributed by atoms with E-state index < -0.39 is 0 Å². The predicted octanol–water partition coefficient (Wildman–Crippen LogP) is 2.20. The Labute approximate surface area is 85.2 Å². The first kappa shape index (κ1) is 8.90. The van der Waals surface area contributed by atoms with Crippen LogP contribution in [0.25, 0.3) is 11.3 Å². The zero-order valence-corrected chi connectivity index (χ0v) is 8.12. The van der Waals surface area contributed by atoms with E-state index in [1.54, 1.807) is 0 Å². The number of nitrogen functional groups attached to an aromatic ring is 1. The van der Waals surface area contributed by atoms with Crippen LogP contribution in [0.4, 0.5) is 5.13 Å². The minimum absolute atomic E-state index is 0.422. The Morgan fingerprint density at radius 1 is 1.29 bits per heavy atom. The molecule has 0 saturated carbocycles. The van der Waals surface area contributed by atoms with E-state index in [1.807, 2.05) is 30.3 Å². The van der Waals surface area contributed by atoms with Crippen molar-refractivity contribution in [3.05, 3.63) is 35.2 Å². The number of anilines is 1. The Hall–Kier alpha value is -1.68. The van der Waals surface area contributed by atoms with Crippen LogP contribution in [0, 0.1) is 0 Å². The van der Waals surface area contributed by atoms with Crippen molar-refractivity contribution in [2.45, 2.75) is 0 Å². The number of rotatable bonds is 2. The highest BCUT2D eigenvalue weighted by Gasteiger charge is 2.09. The van der Waals surface area contributed by atoms with Gasteiger partial charge in [0.2, 0.25) is 0 Å². The highest BCUT2D eigenvalue weighted by Crippen LogP contribution is 2.27. The zero-order valence-electron chi connectivity index (χ0n) is 7.31. The summed E-state index contributed by atoms with van der Waals surface area (Å²) in [5, 5.41) is 0.422. The lowest BCUT2D eigenvalue weighted by Gasteiger charge is -1.95. The largest absolute Gasteiger partial charge is 0.375 e. The molecule has 1 heterocycles. The zero-order chi connectivity index (χ0) is 9.97. The maximum Gasteiger partial charge on any atom is 0.181 e. The van der Waals surface area contributed by atoms with E-state index in [0.29, 0.717) is 15.7 Å². The lowest BCUT2D eigenvalue weighted by molar-refractivity contribution is 0.112. The van der Waals surface area contributed by atoms with Crippen LogP contribution < -0.4 is 5.73 Å². The average Bonchev–Trinajstić information content (AvgIpc) is 2.61. The van der Waals surface area contributed by atoms with Crippen molar-refractivity contribution in [1.29, 1.82) is 0 Å². The van der Waals surface area contributed by atoms with Crippen molar-refractivity contribution in [1.82, 2.24) is 4.98 Å². The third-order valence-electron chi connectivity index (χ3n) is 1.82. The normalized spacial score (nSPS) is 10.0. The molecule has 0 unspecified atom stereocenters. The summed E-state index contributed by atoms with van der Waals surface area (Å²) >= 11 is 1.21. The van der Waals surface area contributed by atoms with Gasteiger partial charge in [-0.3, -0.25) is 4.79 Å². The smallest absolute Gasteiger partial charge is 0.181 e. The molecule has 0 aliphatic rings. The molecule has 0 atom stereocenters. The van der Waals surface area contributed by atoms with E-state index in [0.717, 1.165) is 11.8 Å². The van der Waals surface area contributed by atoms with E-state index in [-0.39, 0.29) is 0 Å². The van der Waals surface area contributed by atoms with Crippen molar-refractivity contribution in [2.75, 3.05) is 5.73 Å². The van der Waals surface area contributed by atoms with E-state index in [1.165, 1.54) is 11.3 Å². The van der Waals surface area contributed by atoms with Crippen LogP contribution in [-0.2, 0) is 0 Å². The second kappa shape index (κ2) is 3.59. The molecule has 0 amide bonds. The summed E-state index contributed by atoms with van der Waals surface area (Å²) in [5.41, 5.74) is 7.13. The first-order valence-corrected chi connectivity index (χ1v) is 4.90. The summed E-state index contributed by atoms with van der Waals surface area (Å²) < 4.78 is 0. The van der Waals surface area contributed by atoms with Crippen molar-refractivity contribution in [3.8, 4) is 11.3 Å². The van der Waals surface area contributed by atoms with Crippen LogP contribution in [0.15, 0.2) is 30.3 Å². The van der Waals surface area contributed by atoms with Crippen LogP contribution in [0.1, 0.15) is 9.67 Å². The van der Waals surface area contributed by atoms with Gasteiger partial charge in [0, 0.05) is 5.56 Å². The summed E-state index contributed by atoms with van der Waals surface area (Å²) in [6.45, 7) is 0. The summed E-state index contributed by atoms with van der Waals surface area (Å²) in [7, 11) is 0. The molecule has 0 aliphatic carbocycles.